The summed E-state index contributed by atoms with van der Waals surface area (Å²) in [6.45, 7) is 0. The van der Waals surface area contributed by atoms with Crippen LogP contribution in [-0.2, 0) is 5.41 Å². The lowest BCUT2D eigenvalue weighted by atomic mass is 9.67. The van der Waals surface area contributed by atoms with Gasteiger partial charge in [0, 0.05) is 38.9 Å². The third-order valence-electron chi connectivity index (χ3n) is 13.8. The quantitative estimate of drug-likeness (QED) is 0.155. The first kappa shape index (κ1) is 37.1. The van der Waals surface area contributed by atoms with Crippen molar-refractivity contribution in [1.82, 2.24) is 4.57 Å². The molecule has 0 saturated heterocycles. The highest BCUT2D eigenvalue weighted by Crippen LogP contribution is 2.58. The Kier molecular flexibility index (Phi) is 8.47. The van der Waals surface area contributed by atoms with Gasteiger partial charge in [0.15, 0.2) is 0 Å². The maximum absolute atomic E-state index is 2.54. The van der Waals surface area contributed by atoms with Gasteiger partial charge in [-0.15, -0.1) is 0 Å². The molecule has 0 N–H and O–H groups in total. The van der Waals surface area contributed by atoms with Crippen LogP contribution < -0.4 is 4.90 Å². The second-order valence-electron chi connectivity index (χ2n) is 17.2. The van der Waals surface area contributed by atoms with E-state index in [0.717, 1.165) is 28.3 Å². The van der Waals surface area contributed by atoms with Gasteiger partial charge in [0.2, 0.25) is 0 Å². The molecule has 12 aromatic rings. The van der Waals surface area contributed by atoms with E-state index in [9.17, 15) is 0 Å². The number of nitrogens with zero attached hydrogens (tertiary/aromatic N) is 2. The van der Waals surface area contributed by atoms with Crippen LogP contribution in [0.5, 0.6) is 0 Å². The number of rotatable bonds is 7. The molecule has 11 aromatic carbocycles. The summed E-state index contributed by atoms with van der Waals surface area (Å²) >= 11 is 0. The van der Waals surface area contributed by atoms with Crippen molar-refractivity contribution >= 4 is 60.4 Å². The average molecular weight is 827 g/mol. The largest absolute Gasteiger partial charge is 0.310 e. The Labute approximate surface area is 378 Å². The topological polar surface area (TPSA) is 8.17 Å². The molecule has 1 aliphatic rings. The van der Waals surface area contributed by atoms with E-state index in [1.54, 1.807) is 0 Å². The number of anilines is 3. The standard InChI is InChI=1S/C63H42N2/c1-5-21-47(22-6-1)63(48-23-7-2-8-24-48)58-39-35-52(42-57(58)61-53-30-15-13-18-43(53)34-38-59(61)63)65-60-41-46(33-36-55(60)56-37-32-44-19-14-16-31-54(44)62(56)65)45-20-17-29-51(40-45)64(49-25-9-3-10-26-49)50-27-11-4-12-28-50/h1-42H. The summed E-state index contributed by atoms with van der Waals surface area (Å²) in [7, 11) is 0. The van der Waals surface area contributed by atoms with E-state index in [-0.39, 0.29) is 0 Å². The van der Waals surface area contributed by atoms with Gasteiger partial charge in [0.05, 0.1) is 16.4 Å². The van der Waals surface area contributed by atoms with Crippen molar-refractivity contribution in [2.45, 2.75) is 5.41 Å². The zero-order valence-electron chi connectivity index (χ0n) is 35.6. The molecule has 13 rings (SSSR count). The smallest absolute Gasteiger partial charge is 0.0713 e. The van der Waals surface area contributed by atoms with E-state index >= 15 is 0 Å². The van der Waals surface area contributed by atoms with Crippen LogP contribution in [0.3, 0.4) is 0 Å². The van der Waals surface area contributed by atoms with E-state index < -0.39 is 5.41 Å². The van der Waals surface area contributed by atoms with E-state index in [0.29, 0.717) is 0 Å². The highest BCUT2D eigenvalue weighted by molar-refractivity contribution is 6.19. The van der Waals surface area contributed by atoms with Crippen molar-refractivity contribution in [2.24, 2.45) is 0 Å². The fraction of sp³-hybridized carbons (Fsp3) is 0.0159. The van der Waals surface area contributed by atoms with Gasteiger partial charge in [-0.2, -0.15) is 0 Å². The molecule has 0 unspecified atom stereocenters. The van der Waals surface area contributed by atoms with Crippen LogP contribution in [-0.4, -0.2) is 4.57 Å². The average Bonchev–Trinajstić information content (AvgIpc) is 3.88. The summed E-state index contributed by atoms with van der Waals surface area (Å²) in [6, 6.07) is 93.8. The second kappa shape index (κ2) is 14.8. The molecule has 0 fully saturated rings. The van der Waals surface area contributed by atoms with Gasteiger partial charge in [-0.25, -0.2) is 0 Å². The van der Waals surface area contributed by atoms with Crippen LogP contribution in [0.4, 0.5) is 17.1 Å². The summed E-state index contributed by atoms with van der Waals surface area (Å²) in [5.74, 6) is 0. The molecule has 1 heterocycles. The number of para-hydroxylation sites is 2. The fourth-order valence-corrected chi connectivity index (χ4v) is 11.0. The van der Waals surface area contributed by atoms with Gasteiger partial charge in [-0.3, -0.25) is 0 Å². The molecule has 304 valence electrons. The van der Waals surface area contributed by atoms with Crippen LogP contribution in [0.15, 0.2) is 255 Å². The molecule has 2 heteroatoms. The Morgan fingerprint density at radius 2 is 0.877 bits per heavy atom. The zero-order valence-corrected chi connectivity index (χ0v) is 35.6. The van der Waals surface area contributed by atoms with Gasteiger partial charge in [0.25, 0.3) is 0 Å². The minimum Gasteiger partial charge on any atom is -0.310 e. The van der Waals surface area contributed by atoms with Gasteiger partial charge in [0.1, 0.15) is 0 Å². The van der Waals surface area contributed by atoms with E-state index in [4.69, 9.17) is 0 Å². The highest BCUT2D eigenvalue weighted by Gasteiger charge is 2.46. The maximum atomic E-state index is 2.54. The molecule has 1 aliphatic carbocycles. The molecule has 1 aromatic heterocycles. The minimum absolute atomic E-state index is 0.505. The minimum atomic E-state index is -0.505. The normalized spacial score (nSPS) is 12.7. The maximum Gasteiger partial charge on any atom is 0.0713 e. The van der Waals surface area contributed by atoms with Gasteiger partial charge < -0.3 is 9.47 Å². The predicted octanol–water partition coefficient (Wildman–Crippen LogP) is 16.6. The number of hydrogen-bond donors (Lipinski definition) is 0. The predicted molar refractivity (Wildman–Crippen MR) is 273 cm³/mol. The van der Waals surface area contributed by atoms with Gasteiger partial charge in [-0.05, 0) is 115 Å². The summed E-state index contributed by atoms with van der Waals surface area (Å²) < 4.78 is 2.54. The van der Waals surface area contributed by atoms with E-state index in [1.807, 2.05) is 0 Å². The molecule has 65 heavy (non-hydrogen) atoms. The second-order valence-corrected chi connectivity index (χ2v) is 17.2. The van der Waals surface area contributed by atoms with Crippen molar-refractivity contribution in [1.29, 1.82) is 0 Å². The summed E-state index contributed by atoms with van der Waals surface area (Å²) in [5.41, 5.74) is 16.4. The Morgan fingerprint density at radius 1 is 0.338 bits per heavy atom. The summed E-state index contributed by atoms with van der Waals surface area (Å²) in [6.07, 6.45) is 0. The number of aromatic nitrogens is 1. The number of hydrogen-bond acceptors (Lipinski definition) is 1. The molecule has 0 saturated carbocycles. The highest BCUT2D eigenvalue weighted by atomic mass is 15.1. The molecule has 0 aliphatic heterocycles. The lowest BCUT2D eigenvalue weighted by Gasteiger charge is -2.34. The van der Waals surface area contributed by atoms with Crippen LogP contribution in [0.25, 0.3) is 71.3 Å². The summed E-state index contributed by atoms with van der Waals surface area (Å²) in [4.78, 5) is 2.34. The Hall–Kier alpha value is -8.46. The third-order valence-corrected chi connectivity index (χ3v) is 13.8. The van der Waals surface area contributed by atoms with Crippen molar-refractivity contribution in [3.63, 3.8) is 0 Å². The number of fused-ring (bicyclic) bond motifs is 10. The van der Waals surface area contributed by atoms with Crippen LogP contribution in [0.1, 0.15) is 22.3 Å². The first-order valence-electron chi connectivity index (χ1n) is 22.5. The van der Waals surface area contributed by atoms with Crippen LogP contribution in [0, 0.1) is 0 Å². The molecule has 0 radical (unpaired) electrons. The van der Waals surface area contributed by atoms with Gasteiger partial charge in [-0.1, -0.05) is 200 Å². The Bertz CT molecular complexity index is 3680. The molecule has 0 amide bonds. The Morgan fingerprint density at radius 3 is 1.57 bits per heavy atom. The number of benzene rings is 11. The first-order chi connectivity index (χ1) is 32.3. The zero-order chi connectivity index (χ0) is 42.9. The molecular weight excluding hydrogens is 785 g/mol. The third kappa shape index (κ3) is 5.67. The van der Waals surface area contributed by atoms with Crippen LogP contribution >= 0.6 is 0 Å². The summed E-state index contributed by atoms with van der Waals surface area (Å²) in [5, 5.41) is 7.45. The fourth-order valence-electron chi connectivity index (χ4n) is 11.0. The van der Waals surface area contributed by atoms with E-state index in [2.05, 4.69) is 264 Å². The van der Waals surface area contributed by atoms with Crippen molar-refractivity contribution in [3.05, 3.63) is 277 Å². The molecule has 0 atom stereocenters. The lowest BCUT2D eigenvalue weighted by Crippen LogP contribution is -2.28. The van der Waals surface area contributed by atoms with Crippen molar-refractivity contribution in [3.8, 4) is 27.9 Å². The molecule has 0 spiro atoms. The van der Waals surface area contributed by atoms with Gasteiger partial charge >= 0.3 is 0 Å². The molecule has 0 bridgehead atoms. The lowest BCUT2D eigenvalue weighted by molar-refractivity contribution is 0.769. The molecular formula is C63H42N2. The SMILES string of the molecule is c1ccc(N(c2ccccc2)c2cccc(-c3ccc4c5ccc6ccccc6c5n(-c5ccc6c(c5)-c5c(ccc7ccccc57)C6(c5ccccc5)c5ccccc5)c4c3)c2)cc1. The Balaban J connectivity index is 1.07. The molecule has 2 nitrogen and oxygen atoms in total. The van der Waals surface area contributed by atoms with E-state index in [1.165, 1.54) is 82.3 Å². The van der Waals surface area contributed by atoms with Crippen LogP contribution in [0.2, 0.25) is 0 Å². The first-order valence-corrected chi connectivity index (χ1v) is 22.5. The monoisotopic (exact) mass is 826 g/mol. The van der Waals surface area contributed by atoms with Crippen molar-refractivity contribution in [2.75, 3.05) is 4.90 Å². The van der Waals surface area contributed by atoms with Crippen molar-refractivity contribution < 1.29 is 0 Å².